The number of carbonyl (C=O) groups is 1. The highest BCUT2D eigenvalue weighted by Gasteiger charge is 2.07. The van der Waals surface area contributed by atoms with Crippen LogP contribution in [0.2, 0.25) is 0 Å². The van der Waals surface area contributed by atoms with Crippen LogP contribution in [0.1, 0.15) is 23.7 Å². The quantitative estimate of drug-likeness (QED) is 0.885. The molecule has 3 nitrogen and oxygen atoms in total. The van der Waals surface area contributed by atoms with E-state index in [-0.39, 0.29) is 12.0 Å². The molecule has 5 heteroatoms. The van der Waals surface area contributed by atoms with Crippen LogP contribution in [0.25, 0.3) is 0 Å². The zero-order valence-electron chi connectivity index (χ0n) is 7.79. The van der Waals surface area contributed by atoms with Gasteiger partial charge in [0.2, 0.25) is 0 Å². The van der Waals surface area contributed by atoms with Crippen LogP contribution >= 0.6 is 27.3 Å². The van der Waals surface area contributed by atoms with Gasteiger partial charge in [0.05, 0.1) is 15.5 Å². The summed E-state index contributed by atoms with van der Waals surface area (Å²) in [5.41, 5.74) is 0.660. The highest BCUT2D eigenvalue weighted by atomic mass is 79.9. The van der Waals surface area contributed by atoms with Gasteiger partial charge in [-0.2, -0.15) is 0 Å². The predicted octanol–water partition coefficient (Wildman–Crippen LogP) is 2.01. The van der Waals surface area contributed by atoms with Crippen LogP contribution in [-0.4, -0.2) is 23.7 Å². The Kier molecular flexibility index (Phi) is 4.57. The summed E-state index contributed by atoms with van der Waals surface area (Å²) < 4.78 is 0.943. The number of hydrogen-bond acceptors (Lipinski definition) is 3. The monoisotopic (exact) mass is 277 g/mol. The van der Waals surface area contributed by atoms with Crippen molar-refractivity contribution in [1.29, 1.82) is 0 Å². The fourth-order valence-corrected chi connectivity index (χ4v) is 2.06. The molecule has 0 saturated carbocycles. The number of nitrogens with one attached hydrogen (secondary N) is 1. The highest BCUT2D eigenvalue weighted by Crippen LogP contribution is 2.20. The first-order valence-electron chi connectivity index (χ1n) is 4.30. The van der Waals surface area contributed by atoms with Crippen molar-refractivity contribution in [3.8, 4) is 0 Å². The molecule has 14 heavy (non-hydrogen) atoms. The number of thiophene rings is 1. The molecule has 0 spiro atoms. The molecule has 0 aromatic carbocycles. The van der Waals surface area contributed by atoms with Crippen molar-refractivity contribution in [2.24, 2.45) is 0 Å². The molecule has 2 N–H and O–H groups in total. The minimum Gasteiger partial charge on any atom is -0.393 e. The summed E-state index contributed by atoms with van der Waals surface area (Å²) in [7, 11) is 0. The van der Waals surface area contributed by atoms with Crippen molar-refractivity contribution < 1.29 is 9.90 Å². The SMILES string of the molecule is CC(O)CCNC(=O)c1csc(Br)c1. The van der Waals surface area contributed by atoms with Gasteiger partial charge in [0.25, 0.3) is 5.91 Å². The first kappa shape index (κ1) is 11.7. The number of hydrogen-bond donors (Lipinski definition) is 2. The number of carbonyl (C=O) groups excluding carboxylic acids is 1. The molecular formula is C9H12BrNO2S. The van der Waals surface area contributed by atoms with Gasteiger partial charge >= 0.3 is 0 Å². The van der Waals surface area contributed by atoms with Gasteiger partial charge in [-0.05, 0) is 35.3 Å². The molecule has 0 fully saturated rings. The summed E-state index contributed by atoms with van der Waals surface area (Å²) in [6.07, 6.45) is 0.210. The molecule has 1 amide bonds. The number of aliphatic hydroxyl groups excluding tert-OH is 1. The molecule has 1 atom stereocenters. The summed E-state index contributed by atoms with van der Waals surface area (Å²) in [4.78, 5) is 11.4. The second-order valence-corrected chi connectivity index (χ2v) is 5.32. The molecule has 1 aromatic rings. The summed E-state index contributed by atoms with van der Waals surface area (Å²) in [6, 6.07) is 1.78. The third-order valence-corrected chi connectivity index (χ3v) is 3.18. The standard InChI is InChI=1S/C9H12BrNO2S/c1-6(12)2-3-11-9(13)7-4-8(10)14-5-7/h4-6,12H,2-3H2,1H3,(H,11,13). The molecule has 0 aliphatic carbocycles. The third kappa shape index (κ3) is 3.77. The lowest BCUT2D eigenvalue weighted by molar-refractivity contribution is 0.0946. The molecule has 0 bridgehead atoms. The van der Waals surface area contributed by atoms with E-state index in [0.29, 0.717) is 18.5 Å². The molecule has 0 radical (unpaired) electrons. The molecule has 0 aliphatic heterocycles. The van der Waals surface area contributed by atoms with Gasteiger partial charge in [-0.3, -0.25) is 4.79 Å². The van der Waals surface area contributed by atoms with Crippen LogP contribution in [0.4, 0.5) is 0 Å². The van der Waals surface area contributed by atoms with Gasteiger partial charge < -0.3 is 10.4 Å². The van der Waals surface area contributed by atoms with Gasteiger partial charge in [-0.1, -0.05) is 0 Å². The fraction of sp³-hybridized carbons (Fsp3) is 0.444. The highest BCUT2D eigenvalue weighted by molar-refractivity contribution is 9.11. The predicted molar refractivity (Wildman–Crippen MR) is 60.7 cm³/mol. The number of halogens is 1. The largest absolute Gasteiger partial charge is 0.393 e. The lowest BCUT2D eigenvalue weighted by Crippen LogP contribution is -2.26. The van der Waals surface area contributed by atoms with Gasteiger partial charge in [0.1, 0.15) is 0 Å². The molecule has 1 heterocycles. The molecule has 0 aliphatic rings. The molecule has 1 aromatic heterocycles. The average Bonchev–Trinajstić information content (AvgIpc) is 2.51. The smallest absolute Gasteiger partial charge is 0.252 e. The van der Waals surface area contributed by atoms with Crippen LogP contribution < -0.4 is 5.32 Å². The van der Waals surface area contributed by atoms with E-state index >= 15 is 0 Å². The Morgan fingerprint density at radius 1 is 1.79 bits per heavy atom. The lowest BCUT2D eigenvalue weighted by atomic mass is 10.2. The number of rotatable bonds is 4. The number of aliphatic hydroxyl groups is 1. The molecule has 1 unspecified atom stereocenters. The molecule has 0 saturated heterocycles. The molecule has 78 valence electrons. The van der Waals surface area contributed by atoms with Gasteiger partial charge in [0.15, 0.2) is 0 Å². The van der Waals surface area contributed by atoms with Crippen molar-refractivity contribution in [1.82, 2.24) is 5.32 Å². The Morgan fingerprint density at radius 3 is 3.00 bits per heavy atom. The maximum atomic E-state index is 11.4. The van der Waals surface area contributed by atoms with E-state index in [9.17, 15) is 4.79 Å². The fourth-order valence-electron chi connectivity index (χ4n) is 0.926. The minimum atomic E-state index is -0.371. The average molecular weight is 278 g/mol. The van der Waals surface area contributed by atoms with E-state index in [1.54, 1.807) is 18.4 Å². The van der Waals surface area contributed by atoms with Gasteiger partial charge in [-0.15, -0.1) is 11.3 Å². The maximum absolute atomic E-state index is 11.4. The van der Waals surface area contributed by atoms with E-state index < -0.39 is 0 Å². The maximum Gasteiger partial charge on any atom is 0.252 e. The van der Waals surface area contributed by atoms with E-state index in [2.05, 4.69) is 21.2 Å². The summed E-state index contributed by atoms with van der Waals surface area (Å²) >= 11 is 4.77. The zero-order chi connectivity index (χ0) is 10.6. The number of amides is 1. The Balaban J connectivity index is 2.36. The molecule has 1 rings (SSSR count). The zero-order valence-corrected chi connectivity index (χ0v) is 10.2. The van der Waals surface area contributed by atoms with E-state index in [1.807, 2.05) is 0 Å². The van der Waals surface area contributed by atoms with Gasteiger partial charge in [-0.25, -0.2) is 0 Å². The van der Waals surface area contributed by atoms with E-state index in [0.717, 1.165) is 3.79 Å². The van der Waals surface area contributed by atoms with E-state index in [1.165, 1.54) is 11.3 Å². The Bertz CT molecular complexity index is 312. The second kappa shape index (κ2) is 5.48. The van der Waals surface area contributed by atoms with Crippen molar-refractivity contribution in [3.63, 3.8) is 0 Å². The first-order chi connectivity index (χ1) is 6.59. The van der Waals surface area contributed by atoms with Crippen molar-refractivity contribution in [2.45, 2.75) is 19.4 Å². The Morgan fingerprint density at radius 2 is 2.50 bits per heavy atom. The van der Waals surface area contributed by atoms with Crippen molar-refractivity contribution >= 4 is 33.2 Å². The Hall–Kier alpha value is -0.390. The summed E-state index contributed by atoms with van der Waals surface area (Å²) in [5, 5.41) is 13.5. The molecular weight excluding hydrogens is 266 g/mol. The van der Waals surface area contributed by atoms with Crippen LogP contribution in [0.3, 0.4) is 0 Å². The Labute approximate surface area is 95.3 Å². The third-order valence-electron chi connectivity index (χ3n) is 1.68. The topological polar surface area (TPSA) is 49.3 Å². The van der Waals surface area contributed by atoms with Crippen LogP contribution in [0.5, 0.6) is 0 Å². The van der Waals surface area contributed by atoms with Crippen LogP contribution in [0.15, 0.2) is 15.2 Å². The minimum absolute atomic E-state index is 0.0902. The summed E-state index contributed by atoms with van der Waals surface area (Å²) in [6.45, 7) is 2.21. The second-order valence-electron chi connectivity index (χ2n) is 3.03. The summed E-state index contributed by atoms with van der Waals surface area (Å²) in [5.74, 6) is -0.0902. The van der Waals surface area contributed by atoms with Crippen LogP contribution in [-0.2, 0) is 0 Å². The van der Waals surface area contributed by atoms with Crippen LogP contribution in [0, 0.1) is 0 Å². The van der Waals surface area contributed by atoms with E-state index in [4.69, 9.17) is 5.11 Å². The van der Waals surface area contributed by atoms with Crippen molar-refractivity contribution in [3.05, 3.63) is 20.8 Å². The van der Waals surface area contributed by atoms with Crippen molar-refractivity contribution in [2.75, 3.05) is 6.54 Å². The normalized spacial score (nSPS) is 12.5. The van der Waals surface area contributed by atoms with Gasteiger partial charge in [0, 0.05) is 11.9 Å². The lowest BCUT2D eigenvalue weighted by Gasteiger charge is -2.05. The first-order valence-corrected chi connectivity index (χ1v) is 5.97.